The second-order valence-electron chi connectivity index (χ2n) is 7.61. The molecule has 0 radical (unpaired) electrons. The van der Waals surface area contributed by atoms with Crippen LogP contribution in [0.15, 0.2) is 59.5 Å². The molecule has 8 nitrogen and oxygen atoms in total. The van der Waals surface area contributed by atoms with Crippen molar-refractivity contribution in [2.75, 3.05) is 13.1 Å². The third-order valence-electron chi connectivity index (χ3n) is 5.04. The van der Waals surface area contributed by atoms with Crippen LogP contribution in [0.5, 0.6) is 0 Å². The molecule has 9 heteroatoms. The standard InChI is InChI=1S/C23H29N5O3S/c1-3-5-16-27(15-4-2)23(29)22-25-21(17-18-9-7-6-8-10-18)28(26-22)19-11-13-20(14-12-19)32(24,30)31/h6-14H,3-5,15-17H2,1-2H3,(H2,24,30,31). The van der Waals surface area contributed by atoms with E-state index in [2.05, 4.69) is 17.0 Å². The van der Waals surface area contributed by atoms with E-state index in [0.717, 1.165) is 24.8 Å². The third kappa shape index (κ3) is 5.80. The summed E-state index contributed by atoms with van der Waals surface area (Å²) in [6, 6.07) is 15.8. The van der Waals surface area contributed by atoms with Gasteiger partial charge < -0.3 is 4.90 Å². The summed E-state index contributed by atoms with van der Waals surface area (Å²) in [5, 5.41) is 9.72. The molecule has 2 aromatic carbocycles. The largest absolute Gasteiger partial charge is 0.336 e. The smallest absolute Gasteiger partial charge is 0.293 e. The molecule has 2 N–H and O–H groups in total. The van der Waals surface area contributed by atoms with Crippen molar-refractivity contribution in [3.8, 4) is 5.69 Å². The lowest BCUT2D eigenvalue weighted by molar-refractivity contribution is 0.0741. The second-order valence-corrected chi connectivity index (χ2v) is 9.17. The summed E-state index contributed by atoms with van der Waals surface area (Å²) in [7, 11) is -3.80. The van der Waals surface area contributed by atoms with Gasteiger partial charge in [-0.3, -0.25) is 4.79 Å². The van der Waals surface area contributed by atoms with E-state index in [-0.39, 0.29) is 16.6 Å². The first-order chi connectivity index (χ1) is 15.3. The summed E-state index contributed by atoms with van der Waals surface area (Å²) in [5.74, 6) is 0.528. The summed E-state index contributed by atoms with van der Waals surface area (Å²) < 4.78 is 24.8. The van der Waals surface area contributed by atoms with Gasteiger partial charge in [0, 0.05) is 19.5 Å². The number of rotatable bonds is 10. The van der Waals surface area contributed by atoms with Crippen molar-refractivity contribution in [2.45, 2.75) is 44.4 Å². The van der Waals surface area contributed by atoms with E-state index in [0.29, 0.717) is 31.0 Å². The lowest BCUT2D eigenvalue weighted by Gasteiger charge is -2.20. The van der Waals surface area contributed by atoms with Gasteiger partial charge in [-0.15, -0.1) is 5.10 Å². The number of hydrogen-bond donors (Lipinski definition) is 1. The Kier molecular flexibility index (Phi) is 7.76. The number of amides is 1. The molecule has 0 aliphatic heterocycles. The van der Waals surface area contributed by atoms with E-state index in [1.807, 2.05) is 37.3 Å². The van der Waals surface area contributed by atoms with Gasteiger partial charge in [0.25, 0.3) is 5.91 Å². The quantitative estimate of drug-likeness (QED) is 0.505. The Bertz CT molecular complexity index is 1140. The van der Waals surface area contributed by atoms with Gasteiger partial charge in [-0.05, 0) is 42.7 Å². The van der Waals surface area contributed by atoms with Gasteiger partial charge in [-0.2, -0.15) is 0 Å². The maximum atomic E-state index is 13.2. The van der Waals surface area contributed by atoms with Gasteiger partial charge in [-0.25, -0.2) is 23.2 Å². The van der Waals surface area contributed by atoms with Crippen LogP contribution < -0.4 is 5.14 Å². The van der Waals surface area contributed by atoms with Crippen LogP contribution in [0.3, 0.4) is 0 Å². The number of nitrogens with two attached hydrogens (primary N) is 1. The molecule has 32 heavy (non-hydrogen) atoms. The summed E-state index contributed by atoms with van der Waals surface area (Å²) in [4.78, 5) is 19.6. The van der Waals surface area contributed by atoms with Crippen LogP contribution in [0.4, 0.5) is 0 Å². The van der Waals surface area contributed by atoms with Gasteiger partial charge in [0.1, 0.15) is 5.82 Å². The van der Waals surface area contributed by atoms with Crippen molar-refractivity contribution in [2.24, 2.45) is 5.14 Å². The van der Waals surface area contributed by atoms with Crippen LogP contribution in [-0.2, 0) is 16.4 Å². The molecule has 1 amide bonds. The fraction of sp³-hybridized carbons (Fsp3) is 0.348. The predicted molar refractivity (Wildman–Crippen MR) is 123 cm³/mol. The monoisotopic (exact) mass is 455 g/mol. The molecule has 170 valence electrons. The number of primary sulfonamides is 1. The van der Waals surface area contributed by atoms with Crippen molar-refractivity contribution in [1.82, 2.24) is 19.7 Å². The normalized spacial score (nSPS) is 11.5. The van der Waals surface area contributed by atoms with Crippen LogP contribution in [0.2, 0.25) is 0 Å². The minimum absolute atomic E-state index is 0.0101. The average molecular weight is 456 g/mol. The highest BCUT2D eigenvalue weighted by molar-refractivity contribution is 7.89. The average Bonchev–Trinajstić information content (AvgIpc) is 3.20. The maximum Gasteiger partial charge on any atom is 0.293 e. The van der Waals surface area contributed by atoms with E-state index >= 15 is 0 Å². The lowest BCUT2D eigenvalue weighted by Crippen LogP contribution is -2.33. The molecule has 0 saturated heterocycles. The van der Waals surface area contributed by atoms with Gasteiger partial charge >= 0.3 is 0 Å². The Morgan fingerprint density at radius 3 is 2.28 bits per heavy atom. The van der Waals surface area contributed by atoms with Crippen LogP contribution in [0.25, 0.3) is 5.69 Å². The number of unbranched alkanes of at least 4 members (excludes halogenated alkanes) is 1. The predicted octanol–water partition coefficient (Wildman–Crippen LogP) is 3.16. The van der Waals surface area contributed by atoms with Crippen molar-refractivity contribution >= 4 is 15.9 Å². The summed E-state index contributed by atoms with van der Waals surface area (Å²) in [5.41, 5.74) is 1.63. The number of carbonyl (C=O) groups excluding carboxylic acids is 1. The highest BCUT2D eigenvalue weighted by Gasteiger charge is 2.22. The molecular weight excluding hydrogens is 426 g/mol. The number of nitrogens with zero attached hydrogens (tertiary/aromatic N) is 4. The van der Waals surface area contributed by atoms with E-state index in [4.69, 9.17) is 5.14 Å². The van der Waals surface area contributed by atoms with E-state index in [9.17, 15) is 13.2 Å². The number of benzene rings is 2. The second kappa shape index (κ2) is 10.5. The van der Waals surface area contributed by atoms with Gasteiger partial charge in [-0.1, -0.05) is 50.6 Å². The molecule has 0 atom stereocenters. The number of carbonyl (C=O) groups is 1. The Morgan fingerprint density at radius 1 is 1.00 bits per heavy atom. The number of hydrogen-bond acceptors (Lipinski definition) is 5. The van der Waals surface area contributed by atoms with E-state index in [1.165, 1.54) is 12.1 Å². The highest BCUT2D eigenvalue weighted by atomic mass is 32.2. The first-order valence-electron chi connectivity index (χ1n) is 10.8. The Balaban J connectivity index is 2.00. The maximum absolute atomic E-state index is 13.2. The van der Waals surface area contributed by atoms with E-state index in [1.54, 1.807) is 21.7 Å². The molecule has 0 saturated carbocycles. The van der Waals surface area contributed by atoms with Crippen molar-refractivity contribution < 1.29 is 13.2 Å². The molecule has 1 heterocycles. The Morgan fingerprint density at radius 2 is 1.69 bits per heavy atom. The van der Waals surface area contributed by atoms with Gasteiger partial charge in [0.15, 0.2) is 0 Å². The zero-order valence-corrected chi connectivity index (χ0v) is 19.3. The molecule has 0 aliphatic carbocycles. The number of aromatic nitrogens is 3. The minimum Gasteiger partial charge on any atom is -0.336 e. The fourth-order valence-electron chi connectivity index (χ4n) is 3.39. The molecule has 0 fully saturated rings. The molecule has 0 bridgehead atoms. The SMILES string of the molecule is CCCCN(CCC)C(=O)c1nc(Cc2ccccc2)n(-c2ccc(S(N)(=O)=O)cc2)n1. The van der Waals surface area contributed by atoms with E-state index < -0.39 is 10.0 Å². The summed E-state index contributed by atoms with van der Waals surface area (Å²) in [6.07, 6.45) is 3.23. The molecular formula is C23H29N5O3S. The molecule has 0 spiro atoms. The zero-order chi connectivity index (χ0) is 23.1. The zero-order valence-electron chi connectivity index (χ0n) is 18.4. The van der Waals surface area contributed by atoms with Crippen molar-refractivity contribution in [3.05, 3.63) is 71.8 Å². The van der Waals surface area contributed by atoms with Gasteiger partial charge in [0.2, 0.25) is 15.8 Å². The molecule has 0 aliphatic rings. The summed E-state index contributed by atoms with van der Waals surface area (Å²) >= 11 is 0. The van der Waals surface area contributed by atoms with Crippen LogP contribution in [0, 0.1) is 0 Å². The highest BCUT2D eigenvalue weighted by Crippen LogP contribution is 2.17. The molecule has 3 rings (SSSR count). The lowest BCUT2D eigenvalue weighted by atomic mass is 10.1. The van der Waals surface area contributed by atoms with Crippen LogP contribution >= 0.6 is 0 Å². The topological polar surface area (TPSA) is 111 Å². The third-order valence-corrected chi connectivity index (χ3v) is 5.97. The van der Waals surface area contributed by atoms with Crippen molar-refractivity contribution in [1.29, 1.82) is 0 Å². The molecule has 0 unspecified atom stereocenters. The van der Waals surface area contributed by atoms with Crippen LogP contribution in [-0.4, -0.2) is 47.1 Å². The first-order valence-corrected chi connectivity index (χ1v) is 12.3. The fourth-order valence-corrected chi connectivity index (χ4v) is 3.90. The Hall–Kier alpha value is -3.04. The molecule has 1 aromatic heterocycles. The van der Waals surface area contributed by atoms with Crippen LogP contribution in [0.1, 0.15) is 55.1 Å². The van der Waals surface area contributed by atoms with Crippen molar-refractivity contribution in [3.63, 3.8) is 0 Å². The Labute approximate surface area is 189 Å². The first kappa shape index (κ1) is 23.6. The number of sulfonamides is 1. The summed E-state index contributed by atoms with van der Waals surface area (Å²) in [6.45, 7) is 5.43. The minimum atomic E-state index is -3.80. The van der Waals surface area contributed by atoms with Gasteiger partial charge in [0.05, 0.1) is 10.6 Å². The molecule has 3 aromatic rings.